The van der Waals surface area contributed by atoms with Crippen molar-refractivity contribution in [1.82, 2.24) is 9.88 Å². The van der Waals surface area contributed by atoms with Gasteiger partial charge in [-0.05, 0) is 50.0 Å². The average Bonchev–Trinajstić information content (AvgIpc) is 3.57. The number of rotatable bonds is 6. The Morgan fingerprint density at radius 1 is 1.31 bits per heavy atom. The summed E-state index contributed by atoms with van der Waals surface area (Å²) < 4.78 is 22.2. The first-order chi connectivity index (χ1) is 16.8. The molecule has 1 saturated carbocycles. The standard InChI is InChI=1S/C25H27ClFN3O5/c1-2-35-25(34)28-9-13-4-3-5-14-10-29(11-17(13)14)22-19(27)8-16-21(20(22)26)30(15-6-7-15)12-18(23(16)31)24(32)33/h3,5,8,12-15,17H,2,4,6-7,9-11H2,1H3,(H,28,34)(H,32,33). The number of fused-ring (bicyclic) bond motifs is 2. The minimum Gasteiger partial charge on any atom is -0.477 e. The molecule has 1 saturated heterocycles. The first-order valence-corrected chi connectivity index (χ1v) is 12.3. The molecule has 0 radical (unpaired) electrons. The molecule has 3 aliphatic rings. The summed E-state index contributed by atoms with van der Waals surface area (Å²) in [4.78, 5) is 38.1. The van der Waals surface area contributed by atoms with Crippen LogP contribution in [-0.2, 0) is 4.74 Å². The fourth-order valence-electron chi connectivity index (χ4n) is 5.49. The van der Waals surface area contributed by atoms with Crippen LogP contribution in [0.3, 0.4) is 0 Å². The van der Waals surface area contributed by atoms with E-state index in [1.807, 2.05) is 4.90 Å². The number of ether oxygens (including phenoxy) is 1. The molecule has 1 aromatic heterocycles. The lowest BCUT2D eigenvalue weighted by Gasteiger charge is -2.29. The van der Waals surface area contributed by atoms with Crippen molar-refractivity contribution < 1.29 is 23.8 Å². The molecule has 1 aromatic carbocycles. The zero-order valence-corrected chi connectivity index (χ0v) is 20.1. The molecule has 0 bridgehead atoms. The van der Waals surface area contributed by atoms with Crippen LogP contribution >= 0.6 is 11.6 Å². The van der Waals surface area contributed by atoms with E-state index in [-0.39, 0.29) is 45.5 Å². The molecule has 5 rings (SSSR count). The number of carbonyl (C=O) groups is 2. The monoisotopic (exact) mass is 503 g/mol. The topological polar surface area (TPSA) is 101 Å². The molecule has 10 heteroatoms. The van der Waals surface area contributed by atoms with Gasteiger partial charge in [0, 0.05) is 31.9 Å². The number of hydrogen-bond donors (Lipinski definition) is 2. The largest absolute Gasteiger partial charge is 0.477 e. The number of aromatic carboxylic acids is 1. The van der Waals surface area contributed by atoms with Crippen LogP contribution in [0.2, 0.25) is 5.02 Å². The summed E-state index contributed by atoms with van der Waals surface area (Å²) in [6.07, 6.45) is 7.60. The Hall–Kier alpha value is -3.07. The number of alkyl carbamates (subject to hydrolysis) is 1. The van der Waals surface area contributed by atoms with Crippen LogP contribution in [0.15, 0.2) is 29.2 Å². The molecule has 186 valence electrons. The molecule has 2 fully saturated rings. The summed E-state index contributed by atoms with van der Waals surface area (Å²) in [5.74, 6) is -1.46. The van der Waals surface area contributed by atoms with Crippen molar-refractivity contribution in [1.29, 1.82) is 0 Å². The minimum absolute atomic E-state index is 0.0175. The molecule has 2 aliphatic carbocycles. The van der Waals surface area contributed by atoms with E-state index in [0.29, 0.717) is 31.8 Å². The Bertz CT molecular complexity index is 1290. The van der Waals surface area contributed by atoms with Gasteiger partial charge < -0.3 is 24.6 Å². The molecule has 3 unspecified atom stereocenters. The number of allylic oxidation sites excluding steroid dienone is 1. The molecule has 8 nitrogen and oxygen atoms in total. The van der Waals surface area contributed by atoms with Gasteiger partial charge in [-0.3, -0.25) is 4.79 Å². The summed E-state index contributed by atoms with van der Waals surface area (Å²) in [5, 5.41) is 12.4. The van der Waals surface area contributed by atoms with Gasteiger partial charge in [0.1, 0.15) is 11.4 Å². The highest BCUT2D eigenvalue weighted by Gasteiger charge is 2.40. The third kappa shape index (κ3) is 4.26. The van der Waals surface area contributed by atoms with Crippen LogP contribution in [0.4, 0.5) is 14.9 Å². The lowest BCUT2D eigenvalue weighted by atomic mass is 9.78. The van der Waals surface area contributed by atoms with Crippen molar-refractivity contribution in [2.75, 3.05) is 31.1 Å². The molecule has 1 aliphatic heterocycles. The predicted molar refractivity (Wildman–Crippen MR) is 130 cm³/mol. The highest BCUT2D eigenvalue weighted by atomic mass is 35.5. The Labute approximate surface area is 206 Å². The second kappa shape index (κ2) is 9.18. The summed E-state index contributed by atoms with van der Waals surface area (Å²) in [6.45, 7) is 3.62. The van der Waals surface area contributed by atoms with Crippen molar-refractivity contribution >= 4 is 40.3 Å². The lowest BCUT2D eigenvalue weighted by Crippen LogP contribution is -2.36. The minimum atomic E-state index is -1.34. The van der Waals surface area contributed by atoms with Gasteiger partial charge in [0.15, 0.2) is 0 Å². The third-order valence-electron chi connectivity index (χ3n) is 7.29. The second-order valence-electron chi connectivity index (χ2n) is 9.49. The van der Waals surface area contributed by atoms with Gasteiger partial charge in [-0.2, -0.15) is 0 Å². The first-order valence-electron chi connectivity index (χ1n) is 11.9. The quantitative estimate of drug-likeness (QED) is 0.573. The number of aromatic nitrogens is 1. The number of benzene rings is 1. The maximum Gasteiger partial charge on any atom is 0.407 e. The Morgan fingerprint density at radius 2 is 2.09 bits per heavy atom. The fraction of sp³-hybridized carbons (Fsp3) is 0.480. The number of amides is 1. The highest BCUT2D eigenvalue weighted by molar-refractivity contribution is 6.38. The van der Waals surface area contributed by atoms with Gasteiger partial charge >= 0.3 is 12.1 Å². The van der Waals surface area contributed by atoms with Crippen LogP contribution < -0.4 is 15.6 Å². The molecule has 2 aromatic rings. The highest BCUT2D eigenvalue weighted by Crippen LogP contribution is 2.45. The summed E-state index contributed by atoms with van der Waals surface area (Å²) in [7, 11) is 0. The van der Waals surface area contributed by atoms with E-state index in [4.69, 9.17) is 16.3 Å². The predicted octanol–water partition coefficient (Wildman–Crippen LogP) is 4.20. The van der Waals surface area contributed by atoms with Crippen LogP contribution in [0.1, 0.15) is 42.6 Å². The van der Waals surface area contributed by atoms with Crippen LogP contribution in [0.25, 0.3) is 10.9 Å². The molecule has 1 amide bonds. The number of pyridine rings is 1. The van der Waals surface area contributed by atoms with E-state index in [1.165, 1.54) is 6.20 Å². The molecule has 0 spiro atoms. The number of carboxylic acids is 1. The number of anilines is 1. The second-order valence-corrected chi connectivity index (χ2v) is 9.87. The van der Waals surface area contributed by atoms with Gasteiger partial charge in [-0.15, -0.1) is 0 Å². The van der Waals surface area contributed by atoms with Crippen molar-refractivity contribution in [3.8, 4) is 0 Å². The van der Waals surface area contributed by atoms with Crippen LogP contribution in [-0.4, -0.2) is 48.0 Å². The van der Waals surface area contributed by atoms with Gasteiger partial charge in [-0.1, -0.05) is 23.8 Å². The van der Waals surface area contributed by atoms with E-state index in [2.05, 4.69) is 17.5 Å². The number of carbonyl (C=O) groups excluding carboxylic acids is 1. The van der Waals surface area contributed by atoms with E-state index in [9.17, 15) is 19.5 Å². The number of carboxylic acid groups (broad SMARTS) is 1. The fourth-order valence-corrected chi connectivity index (χ4v) is 5.90. The number of halogens is 2. The maximum absolute atomic E-state index is 15.5. The third-order valence-corrected chi connectivity index (χ3v) is 7.65. The van der Waals surface area contributed by atoms with E-state index in [0.717, 1.165) is 25.3 Å². The van der Waals surface area contributed by atoms with E-state index < -0.39 is 23.3 Å². The summed E-state index contributed by atoms with van der Waals surface area (Å²) in [5.41, 5.74) is -0.510. The molecule has 35 heavy (non-hydrogen) atoms. The van der Waals surface area contributed by atoms with Gasteiger partial charge in [0.25, 0.3) is 0 Å². The van der Waals surface area contributed by atoms with Crippen molar-refractivity contribution in [3.63, 3.8) is 0 Å². The zero-order valence-electron chi connectivity index (χ0n) is 19.3. The normalized spacial score (nSPS) is 23.4. The average molecular weight is 504 g/mol. The Balaban J connectivity index is 1.50. The maximum atomic E-state index is 15.5. The van der Waals surface area contributed by atoms with Crippen molar-refractivity contribution in [2.24, 2.45) is 17.8 Å². The van der Waals surface area contributed by atoms with Crippen LogP contribution in [0, 0.1) is 23.6 Å². The number of hydrogen-bond acceptors (Lipinski definition) is 5. The SMILES string of the molecule is CCOC(=O)NCC1CC=CC2CN(c3c(F)cc4c(=O)c(C(=O)O)cn(C5CC5)c4c3Cl)CC21. The van der Waals surface area contributed by atoms with Gasteiger partial charge in [0.2, 0.25) is 5.43 Å². The lowest BCUT2D eigenvalue weighted by molar-refractivity contribution is 0.0694. The zero-order chi connectivity index (χ0) is 24.9. The Kier molecular flexibility index (Phi) is 6.21. The molecular weight excluding hydrogens is 477 g/mol. The molecular formula is C25H27ClFN3O5. The molecule has 2 heterocycles. The molecule has 3 atom stereocenters. The summed E-state index contributed by atoms with van der Waals surface area (Å²) >= 11 is 6.80. The van der Waals surface area contributed by atoms with E-state index in [1.54, 1.807) is 11.5 Å². The smallest absolute Gasteiger partial charge is 0.407 e. The Morgan fingerprint density at radius 3 is 2.77 bits per heavy atom. The van der Waals surface area contributed by atoms with Crippen molar-refractivity contribution in [2.45, 2.75) is 32.2 Å². The number of nitrogens with zero attached hydrogens (tertiary/aromatic N) is 2. The number of nitrogens with one attached hydrogen (secondary N) is 1. The van der Waals surface area contributed by atoms with Crippen LogP contribution in [0.5, 0.6) is 0 Å². The van der Waals surface area contributed by atoms with Gasteiger partial charge in [0.05, 0.1) is 28.2 Å². The van der Waals surface area contributed by atoms with Gasteiger partial charge in [-0.25, -0.2) is 14.0 Å². The van der Waals surface area contributed by atoms with Crippen molar-refractivity contribution in [3.05, 3.63) is 51.0 Å². The first kappa shape index (κ1) is 23.7. The molecule has 2 N–H and O–H groups in total. The summed E-state index contributed by atoms with van der Waals surface area (Å²) in [6, 6.07) is 1.16. The van der Waals surface area contributed by atoms with E-state index >= 15 is 4.39 Å².